The second-order valence-corrected chi connectivity index (χ2v) is 11.0. The Labute approximate surface area is 237 Å². The van der Waals surface area contributed by atoms with Gasteiger partial charge in [0, 0.05) is 17.8 Å². The molecule has 12 heteroatoms. The van der Waals surface area contributed by atoms with Crippen molar-refractivity contribution in [3.8, 4) is 5.75 Å². The molecule has 0 aliphatic carbocycles. The number of aromatic nitrogens is 1. The molecular formula is C28H30ClN3O7S. The number of benzene rings is 2. The molecule has 212 valence electrons. The number of rotatable bonds is 13. The number of nitrogens with zero attached hydrogens (tertiary/aromatic N) is 1. The zero-order valence-corrected chi connectivity index (χ0v) is 23.6. The molecule has 0 aliphatic heterocycles. The summed E-state index contributed by atoms with van der Waals surface area (Å²) in [5.41, 5.74) is 1.22. The van der Waals surface area contributed by atoms with E-state index in [1.165, 1.54) is 31.4 Å². The van der Waals surface area contributed by atoms with Gasteiger partial charge in [0.05, 0.1) is 23.1 Å². The van der Waals surface area contributed by atoms with E-state index in [-0.39, 0.29) is 28.6 Å². The maximum absolute atomic E-state index is 12.8. The molecule has 3 N–H and O–H groups in total. The number of sulfonamides is 1. The zero-order valence-electron chi connectivity index (χ0n) is 22.1. The van der Waals surface area contributed by atoms with Crippen LogP contribution in [0.25, 0.3) is 0 Å². The normalized spacial score (nSPS) is 11.1. The van der Waals surface area contributed by atoms with Crippen molar-refractivity contribution in [2.45, 2.75) is 43.9 Å². The summed E-state index contributed by atoms with van der Waals surface area (Å²) >= 11 is 5.98. The number of hydrogen-bond acceptors (Lipinski definition) is 7. The lowest BCUT2D eigenvalue weighted by molar-refractivity contribution is 0.0688. The minimum Gasteiger partial charge on any atom is -0.496 e. The molecule has 0 spiro atoms. The van der Waals surface area contributed by atoms with Crippen molar-refractivity contribution in [2.75, 3.05) is 13.7 Å². The van der Waals surface area contributed by atoms with Gasteiger partial charge in [0.15, 0.2) is 5.69 Å². The van der Waals surface area contributed by atoms with Crippen LogP contribution in [0, 0.1) is 0 Å². The number of carboxylic acid groups (broad SMARTS) is 1. The third kappa shape index (κ3) is 8.03. The molecule has 10 nitrogen and oxygen atoms in total. The van der Waals surface area contributed by atoms with Crippen molar-refractivity contribution in [1.29, 1.82) is 0 Å². The molecular weight excluding hydrogens is 558 g/mol. The number of aromatic carboxylic acids is 1. The molecule has 0 fully saturated rings. The van der Waals surface area contributed by atoms with Crippen LogP contribution in [-0.4, -0.2) is 49.9 Å². The number of amides is 2. The minimum absolute atomic E-state index is 0.0521. The van der Waals surface area contributed by atoms with Crippen molar-refractivity contribution < 1.29 is 32.6 Å². The van der Waals surface area contributed by atoms with E-state index < -0.39 is 21.9 Å². The number of carbonyl (C=O) groups is 3. The lowest BCUT2D eigenvalue weighted by Gasteiger charge is -2.11. The van der Waals surface area contributed by atoms with Crippen molar-refractivity contribution in [2.24, 2.45) is 0 Å². The molecule has 0 bridgehead atoms. The van der Waals surface area contributed by atoms with Crippen LogP contribution in [0.2, 0.25) is 5.02 Å². The van der Waals surface area contributed by atoms with E-state index in [1.54, 1.807) is 24.3 Å². The number of nitrogens with one attached hydrogen (secondary N) is 2. The Morgan fingerprint density at radius 2 is 1.73 bits per heavy atom. The quantitative estimate of drug-likeness (QED) is 0.251. The molecule has 2 aromatic carbocycles. The van der Waals surface area contributed by atoms with Crippen LogP contribution in [0.3, 0.4) is 0 Å². The fraction of sp³-hybridized carbons (Fsp3) is 0.286. The molecule has 1 heterocycles. The Kier molecular flexibility index (Phi) is 10.6. The summed E-state index contributed by atoms with van der Waals surface area (Å²) in [6, 6.07) is 12.0. The molecule has 3 aromatic rings. The highest BCUT2D eigenvalue weighted by Crippen LogP contribution is 2.22. The van der Waals surface area contributed by atoms with E-state index in [1.807, 2.05) is 11.6 Å². The van der Waals surface area contributed by atoms with Gasteiger partial charge in [0.1, 0.15) is 5.75 Å². The number of halogens is 1. The van der Waals surface area contributed by atoms with Gasteiger partial charge in [-0.25, -0.2) is 22.9 Å². The third-order valence-electron chi connectivity index (χ3n) is 6.05. The van der Waals surface area contributed by atoms with Crippen LogP contribution in [0.5, 0.6) is 5.75 Å². The summed E-state index contributed by atoms with van der Waals surface area (Å²) in [5, 5.41) is 12.6. The van der Waals surface area contributed by atoms with Crippen molar-refractivity contribution in [3.05, 3.63) is 87.7 Å². The second-order valence-electron chi connectivity index (χ2n) is 8.92. The number of carbonyl (C=O) groups excluding carboxylic acids is 2. The van der Waals surface area contributed by atoms with Gasteiger partial charge in [0.25, 0.3) is 21.8 Å². The summed E-state index contributed by atoms with van der Waals surface area (Å²) < 4.78 is 32.8. The number of hydrogen-bond donors (Lipinski definition) is 3. The van der Waals surface area contributed by atoms with Gasteiger partial charge >= 0.3 is 5.97 Å². The Hall–Kier alpha value is -3.96. The predicted octanol–water partition coefficient (Wildman–Crippen LogP) is 4.27. The molecule has 2 amide bonds. The largest absolute Gasteiger partial charge is 0.496 e. The van der Waals surface area contributed by atoms with Gasteiger partial charge in [0.2, 0.25) is 0 Å². The summed E-state index contributed by atoms with van der Waals surface area (Å²) in [4.78, 5) is 40.5. The zero-order chi connectivity index (χ0) is 29.3. The van der Waals surface area contributed by atoms with E-state index in [9.17, 15) is 27.9 Å². The first-order valence-corrected chi connectivity index (χ1v) is 14.4. The topological polar surface area (TPSA) is 152 Å². The Morgan fingerprint density at radius 3 is 2.38 bits per heavy atom. The predicted molar refractivity (Wildman–Crippen MR) is 150 cm³/mol. The van der Waals surface area contributed by atoms with Crippen molar-refractivity contribution in [1.82, 2.24) is 15.0 Å². The summed E-state index contributed by atoms with van der Waals surface area (Å²) in [5.74, 6) is -2.10. The molecule has 0 unspecified atom stereocenters. The van der Waals surface area contributed by atoms with Crippen LogP contribution in [0.4, 0.5) is 0 Å². The van der Waals surface area contributed by atoms with Crippen LogP contribution in [-0.2, 0) is 22.9 Å². The second kappa shape index (κ2) is 13.9. The lowest BCUT2D eigenvalue weighted by atomic mass is 10.0. The number of aryl methyl sites for hydroxylation is 1. The van der Waals surface area contributed by atoms with Gasteiger partial charge in [-0.05, 0) is 66.8 Å². The number of ether oxygens (including phenoxy) is 1. The van der Waals surface area contributed by atoms with E-state index >= 15 is 0 Å². The molecule has 0 radical (unpaired) electrons. The highest BCUT2D eigenvalue weighted by atomic mass is 35.5. The van der Waals surface area contributed by atoms with Gasteiger partial charge in [-0.2, -0.15) is 0 Å². The summed E-state index contributed by atoms with van der Waals surface area (Å²) in [6.45, 7) is 2.28. The van der Waals surface area contributed by atoms with Crippen LogP contribution >= 0.6 is 11.6 Å². The first-order chi connectivity index (χ1) is 19.1. The minimum atomic E-state index is -4.21. The number of carboxylic acids is 1. The lowest BCUT2D eigenvalue weighted by Crippen LogP contribution is -2.31. The molecule has 0 saturated carbocycles. The first-order valence-electron chi connectivity index (χ1n) is 12.6. The monoisotopic (exact) mass is 587 g/mol. The molecule has 3 rings (SSSR count). The molecule has 0 aliphatic rings. The molecule has 40 heavy (non-hydrogen) atoms. The molecule has 0 atom stereocenters. The summed E-state index contributed by atoms with van der Waals surface area (Å²) in [6.07, 6.45) is 4.40. The standard InChI is InChI=1S/C28H30ClN3O7S/c1-3-4-5-6-19-15-20(17-31-25(19)28(35)36)26(33)32-40(37,38)22-10-7-18(8-11-22)13-14-30-27(34)23-16-21(29)9-12-24(23)39-2/h7-12,15-17H,3-6,13-14H2,1-2H3,(H,30,34)(H,32,33)(H,35,36). The Bertz CT molecular complexity index is 1490. The fourth-order valence-corrected chi connectivity index (χ4v) is 5.08. The fourth-order valence-electron chi connectivity index (χ4n) is 3.93. The van der Waals surface area contributed by atoms with Gasteiger partial charge in [-0.1, -0.05) is 43.5 Å². The Balaban J connectivity index is 1.63. The van der Waals surface area contributed by atoms with Gasteiger partial charge < -0.3 is 15.2 Å². The molecule has 0 saturated heterocycles. The van der Waals surface area contributed by atoms with E-state index in [2.05, 4.69) is 10.3 Å². The maximum atomic E-state index is 12.8. The third-order valence-corrected chi connectivity index (χ3v) is 7.63. The maximum Gasteiger partial charge on any atom is 0.354 e. The number of unbranched alkanes of at least 4 members (excludes halogenated alkanes) is 2. The van der Waals surface area contributed by atoms with E-state index in [0.29, 0.717) is 41.2 Å². The average molecular weight is 588 g/mol. The van der Waals surface area contributed by atoms with Crippen molar-refractivity contribution >= 4 is 39.4 Å². The van der Waals surface area contributed by atoms with E-state index in [4.69, 9.17) is 16.3 Å². The SMILES string of the molecule is CCCCCc1cc(C(=O)NS(=O)(=O)c2ccc(CCNC(=O)c3cc(Cl)ccc3OC)cc2)cnc1C(=O)O. The first kappa shape index (κ1) is 30.6. The molecule has 1 aromatic heterocycles. The smallest absolute Gasteiger partial charge is 0.354 e. The van der Waals surface area contributed by atoms with Crippen molar-refractivity contribution in [3.63, 3.8) is 0 Å². The van der Waals surface area contributed by atoms with Gasteiger partial charge in [-0.15, -0.1) is 0 Å². The highest BCUT2D eigenvalue weighted by molar-refractivity contribution is 7.90. The van der Waals surface area contributed by atoms with E-state index in [0.717, 1.165) is 24.6 Å². The number of methoxy groups -OCH3 is 1. The van der Waals surface area contributed by atoms with Crippen LogP contribution in [0.1, 0.15) is 68.5 Å². The average Bonchev–Trinajstić information content (AvgIpc) is 2.93. The van der Waals surface area contributed by atoms with Crippen LogP contribution < -0.4 is 14.8 Å². The van der Waals surface area contributed by atoms with Gasteiger partial charge in [-0.3, -0.25) is 9.59 Å². The van der Waals surface area contributed by atoms with Crippen LogP contribution in [0.15, 0.2) is 59.6 Å². The Morgan fingerprint density at radius 1 is 1.00 bits per heavy atom. The highest BCUT2D eigenvalue weighted by Gasteiger charge is 2.21. The number of pyridine rings is 1. The summed E-state index contributed by atoms with van der Waals surface area (Å²) in [7, 11) is -2.75.